The van der Waals surface area contributed by atoms with Crippen LogP contribution in [0.2, 0.25) is 0 Å². The van der Waals surface area contributed by atoms with E-state index in [1.807, 2.05) is 40.8 Å². The van der Waals surface area contributed by atoms with E-state index in [0.717, 1.165) is 11.2 Å². The van der Waals surface area contributed by atoms with Gasteiger partial charge in [-0.05, 0) is 48.5 Å². The monoisotopic (exact) mass is 280 g/mol. The molecule has 0 aliphatic carbocycles. The predicted octanol–water partition coefficient (Wildman–Crippen LogP) is 1.26. The molecule has 0 unspecified atom stereocenters. The van der Waals surface area contributed by atoms with E-state index in [9.17, 15) is 5.11 Å². The van der Waals surface area contributed by atoms with Crippen molar-refractivity contribution in [3.8, 4) is 0 Å². The van der Waals surface area contributed by atoms with E-state index in [4.69, 9.17) is 9.31 Å². The summed E-state index contributed by atoms with van der Waals surface area (Å²) in [6.45, 7) is 14.0. The van der Waals surface area contributed by atoms with Crippen molar-refractivity contribution in [2.45, 2.75) is 71.8 Å². The Bertz CT molecular complexity index is 487. The Balaban J connectivity index is 2.23. The molecule has 0 aromatic carbocycles. The van der Waals surface area contributed by atoms with Crippen LogP contribution < -0.4 is 5.46 Å². The van der Waals surface area contributed by atoms with Crippen LogP contribution in [-0.2, 0) is 15.9 Å². The molecule has 0 atom stereocenters. The number of aliphatic hydroxyl groups is 1. The van der Waals surface area contributed by atoms with Gasteiger partial charge in [-0.2, -0.15) is 5.10 Å². The molecule has 112 valence electrons. The first-order valence-electron chi connectivity index (χ1n) is 7.03. The van der Waals surface area contributed by atoms with Crippen LogP contribution in [-0.4, -0.2) is 38.8 Å². The molecule has 1 aromatic rings. The van der Waals surface area contributed by atoms with Crippen LogP contribution in [0.3, 0.4) is 0 Å². The second-order valence-corrected chi connectivity index (χ2v) is 7.27. The minimum Gasteiger partial charge on any atom is -0.399 e. The van der Waals surface area contributed by atoms with Crippen molar-refractivity contribution < 1.29 is 14.4 Å². The molecule has 1 N–H and O–H groups in total. The third-order valence-corrected chi connectivity index (χ3v) is 4.04. The van der Waals surface area contributed by atoms with Crippen molar-refractivity contribution >= 4 is 12.6 Å². The molecule has 0 spiro atoms. The maximum Gasteiger partial charge on any atom is 0.498 e. The fraction of sp³-hybridized carbons (Fsp3) is 0.786. The first-order valence-corrected chi connectivity index (χ1v) is 7.03. The van der Waals surface area contributed by atoms with Crippen LogP contribution in [0.15, 0.2) is 6.20 Å². The molecule has 1 saturated heterocycles. The Kier molecular flexibility index (Phi) is 3.56. The second kappa shape index (κ2) is 4.58. The SMILES string of the molecule is Cc1nn(CC(C)(C)O)cc1B1OC(C)(C)C(C)(C)O1. The third-order valence-electron chi connectivity index (χ3n) is 4.04. The topological polar surface area (TPSA) is 56.5 Å². The molecule has 0 bridgehead atoms. The summed E-state index contributed by atoms with van der Waals surface area (Å²) in [7, 11) is -0.407. The molecule has 1 aliphatic rings. The van der Waals surface area contributed by atoms with Crippen LogP contribution in [0.25, 0.3) is 0 Å². The van der Waals surface area contributed by atoms with E-state index in [1.54, 1.807) is 18.5 Å². The average Bonchev–Trinajstić information content (AvgIpc) is 2.63. The van der Waals surface area contributed by atoms with E-state index < -0.39 is 12.7 Å². The minimum atomic E-state index is -0.800. The smallest absolute Gasteiger partial charge is 0.399 e. The maximum atomic E-state index is 9.88. The summed E-state index contributed by atoms with van der Waals surface area (Å²) in [6.07, 6.45) is 1.90. The third kappa shape index (κ3) is 2.92. The molecule has 1 fully saturated rings. The second-order valence-electron chi connectivity index (χ2n) is 7.27. The summed E-state index contributed by atoms with van der Waals surface area (Å²) in [5.74, 6) is 0. The predicted molar refractivity (Wildman–Crippen MR) is 79.0 cm³/mol. The van der Waals surface area contributed by atoms with Crippen molar-refractivity contribution in [1.29, 1.82) is 0 Å². The van der Waals surface area contributed by atoms with Gasteiger partial charge in [0.2, 0.25) is 0 Å². The quantitative estimate of drug-likeness (QED) is 0.847. The number of aromatic nitrogens is 2. The zero-order chi connectivity index (χ0) is 15.3. The van der Waals surface area contributed by atoms with E-state index >= 15 is 0 Å². The van der Waals surface area contributed by atoms with Crippen LogP contribution in [0.4, 0.5) is 0 Å². The van der Waals surface area contributed by atoms with Crippen molar-refractivity contribution in [2.24, 2.45) is 0 Å². The molecule has 6 heteroatoms. The Morgan fingerprint density at radius 1 is 1.25 bits per heavy atom. The standard InChI is InChI=1S/C14H25BN2O3/c1-10-11(8-17(16-10)9-12(2,3)18)15-19-13(4,5)14(6,7)20-15/h8,18H,9H2,1-7H3. The van der Waals surface area contributed by atoms with Gasteiger partial charge >= 0.3 is 7.12 Å². The van der Waals surface area contributed by atoms with Gasteiger partial charge < -0.3 is 14.4 Å². The van der Waals surface area contributed by atoms with Crippen LogP contribution >= 0.6 is 0 Å². The van der Waals surface area contributed by atoms with Gasteiger partial charge in [-0.1, -0.05) is 0 Å². The van der Waals surface area contributed by atoms with Crippen molar-refractivity contribution in [1.82, 2.24) is 9.78 Å². The summed E-state index contributed by atoms with van der Waals surface area (Å²) < 4.78 is 13.8. The molecular formula is C14H25BN2O3. The number of hydrogen-bond acceptors (Lipinski definition) is 4. The lowest BCUT2D eigenvalue weighted by Gasteiger charge is -2.32. The van der Waals surface area contributed by atoms with Gasteiger partial charge in [-0.3, -0.25) is 4.68 Å². The molecule has 2 heterocycles. The highest BCUT2D eigenvalue weighted by molar-refractivity contribution is 6.62. The van der Waals surface area contributed by atoms with Gasteiger partial charge in [0, 0.05) is 11.7 Å². The lowest BCUT2D eigenvalue weighted by Crippen LogP contribution is -2.41. The molecule has 0 saturated carbocycles. The van der Waals surface area contributed by atoms with Crippen molar-refractivity contribution in [3.05, 3.63) is 11.9 Å². The van der Waals surface area contributed by atoms with Crippen molar-refractivity contribution in [3.63, 3.8) is 0 Å². The molecule has 1 aliphatic heterocycles. The normalized spacial score (nSPS) is 21.5. The molecule has 0 radical (unpaired) electrons. The van der Waals surface area contributed by atoms with E-state index in [1.165, 1.54) is 0 Å². The van der Waals surface area contributed by atoms with E-state index in [-0.39, 0.29) is 11.2 Å². The largest absolute Gasteiger partial charge is 0.498 e. The summed E-state index contributed by atoms with van der Waals surface area (Å²) in [4.78, 5) is 0. The Morgan fingerprint density at radius 3 is 2.20 bits per heavy atom. The molecule has 5 nitrogen and oxygen atoms in total. The first kappa shape index (κ1) is 15.5. The lowest BCUT2D eigenvalue weighted by atomic mass is 9.79. The fourth-order valence-corrected chi connectivity index (χ4v) is 2.21. The molecule has 2 rings (SSSR count). The molecule has 1 aromatic heterocycles. The lowest BCUT2D eigenvalue weighted by molar-refractivity contribution is 0.00578. The zero-order valence-corrected chi connectivity index (χ0v) is 13.5. The number of aryl methyl sites for hydroxylation is 1. The minimum absolute atomic E-state index is 0.359. The Labute approximate surface area is 121 Å². The number of rotatable bonds is 3. The Hall–Kier alpha value is -0.845. The van der Waals surface area contributed by atoms with Gasteiger partial charge in [0.05, 0.1) is 29.0 Å². The highest BCUT2D eigenvalue weighted by atomic mass is 16.7. The van der Waals surface area contributed by atoms with Crippen molar-refractivity contribution in [2.75, 3.05) is 0 Å². The highest BCUT2D eigenvalue weighted by Gasteiger charge is 2.52. The van der Waals surface area contributed by atoms with E-state index in [2.05, 4.69) is 5.10 Å². The van der Waals surface area contributed by atoms with Gasteiger partial charge in [0.1, 0.15) is 0 Å². The fourth-order valence-electron chi connectivity index (χ4n) is 2.21. The summed E-state index contributed by atoms with van der Waals surface area (Å²) >= 11 is 0. The van der Waals surface area contributed by atoms with Crippen LogP contribution in [0.5, 0.6) is 0 Å². The highest BCUT2D eigenvalue weighted by Crippen LogP contribution is 2.36. The number of nitrogens with zero attached hydrogens (tertiary/aromatic N) is 2. The van der Waals surface area contributed by atoms with Crippen LogP contribution in [0.1, 0.15) is 47.2 Å². The summed E-state index contributed by atoms with van der Waals surface area (Å²) in [5.41, 5.74) is 0.275. The zero-order valence-electron chi connectivity index (χ0n) is 13.5. The first-order chi connectivity index (χ1) is 8.91. The molecule has 0 amide bonds. The average molecular weight is 280 g/mol. The maximum absolute atomic E-state index is 9.88. The van der Waals surface area contributed by atoms with Gasteiger partial charge in [-0.25, -0.2) is 0 Å². The van der Waals surface area contributed by atoms with Gasteiger partial charge in [0.15, 0.2) is 0 Å². The van der Waals surface area contributed by atoms with E-state index in [0.29, 0.717) is 6.54 Å². The summed E-state index contributed by atoms with van der Waals surface area (Å²) in [6, 6.07) is 0. The summed E-state index contributed by atoms with van der Waals surface area (Å²) in [5, 5.41) is 14.3. The number of hydrogen-bond donors (Lipinski definition) is 1. The Morgan fingerprint density at radius 2 is 1.75 bits per heavy atom. The molecule has 20 heavy (non-hydrogen) atoms. The van der Waals surface area contributed by atoms with Gasteiger partial charge in [-0.15, -0.1) is 0 Å². The van der Waals surface area contributed by atoms with Gasteiger partial charge in [0.25, 0.3) is 0 Å². The molecular weight excluding hydrogens is 255 g/mol. The van der Waals surface area contributed by atoms with Crippen LogP contribution in [0, 0.1) is 6.92 Å².